The summed E-state index contributed by atoms with van der Waals surface area (Å²) in [5.74, 6) is 1.42. The Morgan fingerprint density at radius 1 is 1.10 bits per heavy atom. The van der Waals surface area contributed by atoms with Crippen molar-refractivity contribution in [2.45, 2.75) is 0 Å². The Bertz CT molecular complexity index is 670. The third-order valence-corrected chi connectivity index (χ3v) is 2.88. The number of imidazole rings is 1. The minimum atomic E-state index is 0.517. The summed E-state index contributed by atoms with van der Waals surface area (Å²) in [5.41, 5.74) is 1.93. The van der Waals surface area contributed by atoms with Crippen molar-refractivity contribution in [3.05, 3.63) is 55.2 Å². The van der Waals surface area contributed by atoms with Gasteiger partial charge in [-0.05, 0) is 18.2 Å². The predicted molar refractivity (Wildman–Crippen MR) is 80.0 cm³/mol. The molecule has 0 aliphatic rings. The SMILES string of the molecule is c1cnc(NCCOc2ccccc2-c2cnc[nH]2)nc1. The van der Waals surface area contributed by atoms with Crippen molar-refractivity contribution in [3.63, 3.8) is 0 Å². The maximum atomic E-state index is 5.82. The van der Waals surface area contributed by atoms with E-state index in [1.54, 1.807) is 31.0 Å². The number of hydrogen-bond donors (Lipinski definition) is 2. The van der Waals surface area contributed by atoms with Crippen LogP contribution in [0.15, 0.2) is 55.2 Å². The number of aromatic nitrogens is 4. The fraction of sp³-hybridized carbons (Fsp3) is 0.133. The quantitative estimate of drug-likeness (QED) is 0.678. The van der Waals surface area contributed by atoms with E-state index in [0.29, 0.717) is 19.1 Å². The molecule has 21 heavy (non-hydrogen) atoms. The molecule has 0 unspecified atom stereocenters. The molecule has 6 heteroatoms. The molecule has 0 spiro atoms. The number of nitrogens with zero attached hydrogens (tertiary/aromatic N) is 3. The van der Waals surface area contributed by atoms with E-state index in [0.717, 1.165) is 17.0 Å². The lowest BCUT2D eigenvalue weighted by Gasteiger charge is -2.10. The van der Waals surface area contributed by atoms with Crippen molar-refractivity contribution in [1.29, 1.82) is 0 Å². The lowest BCUT2D eigenvalue weighted by Crippen LogP contribution is -2.13. The number of para-hydroxylation sites is 1. The number of anilines is 1. The van der Waals surface area contributed by atoms with Crippen LogP contribution in [0.25, 0.3) is 11.3 Å². The molecule has 0 radical (unpaired) electrons. The van der Waals surface area contributed by atoms with Crippen molar-refractivity contribution in [2.75, 3.05) is 18.5 Å². The zero-order valence-electron chi connectivity index (χ0n) is 11.4. The molecule has 0 saturated heterocycles. The van der Waals surface area contributed by atoms with Gasteiger partial charge in [0.05, 0.1) is 24.8 Å². The van der Waals surface area contributed by atoms with Crippen LogP contribution in [-0.4, -0.2) is 33.1 Å². The third kappa shape index (κ3) is 3.36. The highest BCUT2D eigenvalue weighted by Gasteiger charge is 2.06. The van der Waals surface area contributed by atoms with Gasteiger partial charge in [0.1, 0.15) is 12.4 Å². The average molecular weight is 281 g/mol. The molecule has 3 aromatic rings. The molecule has 0 aliphatic carbocycles. The highest BCUT2D eigenvalue weighted by Crippen LogP contribution is 2.27. The fourth-order valence-corrected chi connectivity index (χ4v) is 1.93. The number of hydrogen-bond acceptors (Lipinski definition) is 5. The Labute approximate surface area is 122 Å². The molecule has 0 amide bonds. The summed E-state index contributed by atoms with van der Waals surface area (Å²) in [6, 6.07) is 9.64. The first kappa shape index (κ1) is 13.1. The molecule has 0 atom stereocenters. The van der Waals surface area contributed by atoms with E-state index < -0.39 is 0 Å². The Kier molecular flexibility index (Phi) is 4.07. The molecular weight excluding hydrogens is 266 g/mol. The number of ether oxygens (including phenoxy) is 1. The van der Waals surface area contributed by atoms with Gasteiger partial charge in [-0.3, -0.25) is 0 Å². The van der Waals surface area contributed by atoms with Crippen molar-refractivity contribution < 1.29 is 4.74 Å². The zero-order chi connectivity index (χ0) is 14.3. The van der Waals surface area contributed by atoms with Crippen LogP contribution in [0.5, 0.6) is 5.75 Å². The van der Waals surface area contributed by atoms with Gasteiger partial charge in [-0.2, -0.15) is 0 Å². The molecule has 0 fully saturated rings. The number of rotatable bonds is 6. The molecular formula is C15H15N5O. The Morgan fingerprint density at radius 3 is 2.76 bits per heavy atom. The maximum Gasteiger partial charge on any atom is 0.222 e. The summed E-state index contributed by atoms with van der Waals surface area (Å²) < 4.78 is 5.82. The molecule has 2 N–H and O–H groups in total. The van der Waals surface area contributed by atoms with Gasteiger partial charge in [-0.1, -0.05) is 12.1 Å². The van der Waals surface area contributed by atoms with Crippen LogP contribution in [0.1, 0.15) is 0 Å². The first-order valence-corrected chi connectivity index (χ1v) is 6.65. The molecule has 0 aliphatic heterocycles. The van der Waals surface area contributed by atoms with E-state index in [2.05, 4.69) is 25.3 Å². The Hall–Kier alpha value is -2.89. The maximum absolute atomic E-state index is 5.82. The van der Waals surface area contributed by atoms with Gasteiger partial charge >= 0.3 is 0 Å². The van der Waals surface area contributed by atoms with Crippen LogP contribution in [0.2, 0.25) is 0 Å². The van der Waals surface area contributed by atoms with Gasteiger partial charge in [0.25, 0.3) is 0 Å². The number of aromatic amines is 1. The average Bonchev–Trinajstić information content (AvgIpc) is 3.07. The summed E-state index contributed by atoms with van der Waals surface area (Å²) in [5, 5.41) is 3.10. The van der Waals surface area contributed by atoms with E-state index in [1.807, 2.05) is 24.3 Å². The van der Waals surface area contributed by atoms with Gasteiger partial charge in [-0.25, -0.2) is 15.0 Å². The topological polar surface area (TPSA) is 75.7 Å². The normalized spacial score (nSPS) is 10.3. The van der Waals surface area contributed by atoms with E-state index in [4.69, 9.17) is 4.74 Å². The first-order valence-electron chi connectivity index (χ1n) is 6.65. The van der Waals surface area contributed by atoms with Gasteiger partial charge in [0.2, 0.25) is 5.95 Å². The Balaban J connectivity index is 1.59. The predicted octanol–water partition coefficient (Wildman–Crippen LogP) is 2.36. The second-order valence-corrected chi connectivity index (χ2v) is 4.31. The monoisotopic (exact) mass is 281 g/mol. The van der Waals surface area contributed by atoms with Gasteiger partial charge in [0.15, 0.2) is 0 Å². The highest BCUT2D eigenvalue weighted by molar-refractivity contribution is 5.66. The van der Waals surface area contributed by atoms with Gasteiger partial charge in [0, 0.05) is 18.0 Å². The lowest BCUT2D eigenvalue weighted by atomic mass is 10.1. The van der Waals surface area contributed by atoms with E-state index >= 15 is 0 Å². The van der Waals surface area contributed by atoms with E-state index in [-0.39, 0.29) is 0 Å². The summed E-state index contributed by atoms with van der Waals surface area (Å²) in [7, 11) is 0. The number of nitrogens with one attached hydrogen (secondary N) is 2. The van der Waals surface area contributed by atoms with E-state index in [9.17, 15) is 0 Å². The van der Waals surface area contributed by atoms with Crippen LogP contribution >= 0.6 is 0 Å². The third-order valence-electron chi connectivity index (χ3n) is 2.88. The molecule has 6 nitrogen and oxygen atoms in total. The highest BCUT2D eigenvalue weighted by atomic mass is 16.5. The molecule has 2 aromatic heterocycles. The lowest BCUT2D eigenvalue weighted by molar-refractivity contribution is 0.334. The van der Waals surface area contributed by atoms with Crippen LogP contribution in [0, 0.1) is 0 Å². The second kappa shape index (κ2) is 6.51. The first-order chi connectivity index (χ1) is 10.4. The fourth-order valence-electron chi connectivity index (χ4n) is 1.93. The van der Waals surface area contributed by atoms with Gasteiger partial charge < -0.3 is 15.0 Å². The van der Waals surface area contributed by atoms with Crippen LogP contribution < -0.4 is 10.1 Å². The van der Waals surface area contributed by atoms with Crippen molar-refractivity contribution in [1.82, 2.24) is 19.9 Å². The summed E-state index contributed by atoms with van der Waals surface area (Å²) in [4.78, 5) is 15.3. The Morgan fingerprint density at radius 2 is 1.95 bits per heavy atom. The van der Waals surface area contributed by atoms with Crippen molar-refractivity contribution >= 4 is 5.95 Å². The molecule has 3 rings (SSSR count). The largest absolute Gasteiger partial charge is 0.491 e. The zero-order valence-corrected chi connectivity index (χ0v) is 11.4. The summed E-state index contributed by atoms with van der Waals surface area (Å²) >= 11 is 0. The van der Waals surface area contributed by atoms with Crippen LogP contribution in [0.4, 0.5) is 5.95 Å². The van der Waals surface area contributed by atoms with Crippen LogP contribution in [0.3, 0.4) is 0 Å². The summed E-state index contributed by atoms with van der Waals surface area (Å²) in [6.07, 6.45) is 6.83. The second-order valence-electron chi connectivity index (χ2n) is 4.31. The minimum absolute atomic E-state index is 0.517. The standard InChI is InChI=1S/C15H15N5O/c1-2-5-14(12(4-1)13-10-16-11-20-13)21-9-8-19-15-17-6-3-7-18-15/h1-7,10-11H,8-9H2,(H,16,20)(H,17,18,19). The number of benzene rings is 1. The molecule has 0 saturated carbocycles. The molecule has 106 valence electrons. The number of H-pyrrole nitrogens is 1. The molecule has 0 bridgehead atoms. The molecule has 2 heterocycles. The van der Waals surface area contributed by atoms with E-state index in [1.165, 1.54) is 0 Å². The summed E-state index contributed by atoms with van der Waals surface area (Å²) in [6.45, 7) is 1.14. The minimum Gasteiger partial charge on any atom is -0.491 e. The smallest absolute Gasteiger partial charge is 0.222 e. The van der Waals surface area contributed by atoms with Crippen molar-refractivity contribution in [3.8, 4) is 17.0 Å². The van der Waals surface area contributed by atoms with Crippen molar-refractivity contribution in [2.24, 2.45) is 0 Å². The van der Waals surface area contributed by atoms with Gasteiger partial charge in [-0.15, -0.1) is 0 Å². The van der Waals surface area contributed by atoms with Crippen LogP contribution in [-0.2, 0) is 0 Å². The molecule has 1 aromatic carbocycles.